The Hall–Kier alpha value is -2.93. The fourth-order valence-corrected chi connectivity index (χ4v) is 3.71. The van der Waals surface area contributed by atoms with Gasteiger partial charge in [0, 0.05) is 43.7 Å². The van der Waals surface area contributed by atoms with Crippen molar-refractivity contribution in [1.29, 1.82) is 0 Å². The normalized spacial score (nSPS) is 13.6. The third-order valence-electron chi connectivity index (χ3n) is 5.09. The van der Waals surface area contributed by atoms with Gasteiger partial charge in [0.2, 0.25) is 5.88 Å². The van der Waals surface area contributed by atoms with Crippen LogP contribution in [0.2, 0.25) is 0 Å². The van der Waals surface area contributed by atoms with E-state index < -0.39 is 0 Å². The molecule has 0 saturated heterocycles. The van der Waals surface area contributed by atoms with Crippen LogP contribution in [0.5, 0.6) is 5.88 Å². The summed E-state index contributed by atoms with van der Waals surface area (Å²) in [7, 11) is 1.68. The maximum Gasteiger partial charge on any atom is 0.256 e. The van der Waals surface area contributed by atoms with E-state index in [1.807, 2.05) is 42.3 Å². The van der Waals surface area contributed by atoms with Gasteiger partial charge in [-0.05, 0) is 13.0 Å². The van der Waals surface area contributed by atoms with Crippen molar-refractivity contribution >= 4 is 16.8 Å². The number of hydrogen-bond acceptors (Lipinski definition) is 5. The summed E-state index contributed by atoms with van der Waals surface area (Å²) < 4.78 is 12.9. The number of para-hydroxylation sites is 1. The molecule has 0 unspecified atom stereocenters. The number of ether oxygens (including phenoxy) is 2. The molecule has 3 aromatic rings. The van der Waals surface area contributed by atoms with Crippen LogP contribution in [-0.4, -0.2) is 52.2 Å². The SMILES string of the molecule is CCOc1ncnc2c1CN(C(=O)c1cn(CCOC)c3ccccc13)CC2. The average Bonchev–Trinajstić information content (AvgIpc) is 3.10. The molecule has 1 aromatic carbocycles. The number of benzene rings is 1. The number of fused-ring (bicyclic) bond motifs is 2. The monoisotopic (exact) mass is 380 g/mol. The van der Waals surface area contributed by atoms with E-state index in [-0.39, 0.29) is 5.91 Å². The van der Waals surface area contributed by atoms with E-state index >= 15 is 0 Å². The highest BCUT2D eigenvalue weighted by molar-refractivity contribution is 6.07. The Kier molecular flexibility index (Phi) is 5.25. The summed E-state index contributed by atoms with van der Waals surface area (Å²) in [5, 5.41) is 0.962. The fraction of sp³-hybridized carbons (Fsp3) is 0.381. The van der Waals surface area contributed by atoms with Gasteiger partial charge in [-0.25, -0.2) is 9.97 Å². The van der Waals surface area contributed by atoms with Gasteiger partial charge >= 0.3 is 0 Å². The van der Waals surface area contributed by atoms with Crippen LogP contribution in [0.15, 0.2) is 36.8 Å². The Morgan fingerprint density at radius 1 is 1.25 bits per heavy atom. The lowest BCUT2D eigenvalue weighted by Gasteiger charge is -2.28. The molecule has 0 spiro atoms. The van der Waals surface area contributed by atoms with Crippen molar-refractivity contribution in [1.82, 2.24) is 19.4 Å². The standard InChI is InChI=1S/C21H24N4O3/c1-3-28-20-17-13-25(9-8-18(17)22-14-23-20)21(26)16-12-24(10-11-27-2)19-7-5-4-6-15(16)19/h4-7,12,14H,3,8-11,13H2,1-2H3. The smallest absolute Gasteiger partial charge is 0.256 e. The first-order chi connectivity index (χ1) is 13.7. The van der Waals surface area contributed by atoms with E-state index in [4.69, 9.17) is 9.47 Å². The number of aromatic nitrogens is 3. The topological polar surface area (TPSA) is 69.5 Å². The highest BCUT2D eigenvalue weighted by atomic mass is 16.5. The fourth-order valence-electron chi connectivity index (χ4n) is 3.71. The van der Waals surface area contributed by atoms with Crippen molar-refractivity contribution in [2.24, 2.45) is 0 Å². The second-order valence-electron chi connectivity index (χ2n) is 6.76. The molecule has 146 valence electrons. The molecule has 1 aliphatic rings. The molecule has 1 aliphatic heterocycles. The zero-order chi connectivity index (χ0) is 19.5. The summed E-state index contributed by atoms with van der Waals surface area (Å²) >= 11 is 0. The summed E-state index contributed by atoms with van der Waals surface area (Å²) in [4.78, 5) is 23.9. The molecule has 28 heavy (non-hydrogen) atoms. The number of rotatable bonds is 6. The van der Waals surface area contributed by atoms with Crippen molar-refractivity contribution in [2.75, 3.05) is 26.9 Å². The van der Waals surface area contributed by atoms with Crippen molar-refractivity contribution in [3.8, 4) is 5.88 Å². The second kappa shape index (κ2) is 7.98. The molecular weight excluding hydrogens is 356 g/mol. The Bertz CT molecular complexity index is 998. The lowest BCUT2D eigenvalue weighted by molar-refractivity contribution is 0.0732. The van der Waals surface area contributed by atoms with Crippen molar-refractivity contribution in [3.63, 3.8) is 0 Å². The Morgan fingerprint density at radius 2 is 2.11 bits per heavy atom. The summed E-state index contributed by atoms with van der Waals surface area (Å²) in [6.45, 7) is 4.85. The molecule has 0 N–H and O–H groups in total. The van der Waals surface area contributed by atoms with Crippen molar-refractivity contribution in [3.05, 3.63) is 53.6 Å². The summed E-state index contributed by atoms with van der Waals surface area (Å²) in [6.07, 6.45) is 4.17. The van der Waals surface area contributed by atoms with Crippen LogP contribution in [0.4, 0.5) is 0 Å². The molecule has 3 heterocycles. The van der Waals surface area contributed by atoms with Gasteiger partial charge in [0.1, 0.15) is 6.33 Å². The quantitative estimate of drug-likeness (QED) is 0.658. The minimum atomic E-state index is 0.0179. The van der Waals surface area contributed by atoms with E-state index in [9.17, 15) is 4.79 Å². The van der Waals surface area contributed by atoms with Crippen LogP contribution in [0.25, 0.3) is 10.9 Å². The number of hydrogen-bond donors (Lipinski definition) is 0. The minimum absolute atomic E-state index is 0.0179. The molecule has 0 atom stereocenters. The largest absolute Gasteiger partial charge is 0.478 e. The number of carbonyl (C=O) groups excluding carboxylic acids is 1. The van der Waals surface area contributed by atoms with Gasteiger partial charge in [-0.1, -0.05) is 18.2 Å². The predicted molar refractivity (Wildman–Crippen MR) is 105 cm³/mol. The van der Waals surface area contributed by atoms with Gasteiger partial charge in [-0.3, -0.25) is 4.79 Å². The molecule has 7 nitrogen and oxygen atoms in total. The third kappa shape index (κ3) is 3.33. The Balaban J connectivity index is 1.66. The van der Waals surface area contributed by atoms with Crippen molar-refractivity contribution in [2.45, 2.75) is 26.4 Å². The number of nitrogens with zero attached hydrogens (tertiary/aromatic N) is 4. The summed E-state index contributed by atoms with van der Waals surface area (Å²) in [5.41, 5.74) is 3.63. The maximum atomic E-state index is 13.4. The van der Waals surface area contributed by atoms with Gasteiger partial charge in [0.25, 0.3) is 5.91 Å². The molecule has 7 heteroatoms. The maximum absolute atomic E-state index is 13.4. The minimum Gasteiger partial charge on any atom is -0.478 e. The molecule has 4 rings (SSSR count). The highest BCUT2D eigenvalue weighted by Crippen LogP contribution is 2.28. The predicted octanol–water partition coefficient (Wildman–Crippen LogP) is 2.67. The van der Waals surface area contributed by atoms with Gasteiger partial charge < -0.3 is 18.9 Å². The van der Waals surface area contributed by atoms with Crippen LogP contribution in [0.3, 0.4) is 0 Å². The van der Waals surface area contributed by atoms with Crippen LogP contribution >= 0.6 is 0 Å². The van der Waals surface area contributed by atoms with E-state index in [0.717, 1.165) is 22.2 Å². The molecule has 1 amide bonds. The Morgan fingerprint density at radius 3 is 2.93 bits per heavy atom. The van der Waals surface area contributed by atoms with Gasteiger partial charge in [-0.2, -0.15) is 0 Å². The first-order valence-corrected chi connectivity index (χ1v) is 9.54. The molecule has 0 radical (unpaired) electrons. The summed E-state index contributed by atoms with van der Waals surface area (Å²) in [6, 6.07) is 7.99. The second-order valence-corrected chi connectivity index (χ2v) is 6.76. The third-order valence-corrected chi connectivity index (χ3v) is 5.09. The molecule has 0 saturated carbocycles. The lowest BCUT2D eigenvalue weighted by Crippen LogP contribution is -2.36. The number of carbonyl (C=O) groups is 1. The molecule has 2 aromatic heterocycles. The Labute approximate surface area is 163 Å². The molecule has 0 aliphatic carbocycles. The molecule has 0 bridgehead atoms. The number of methoxy groups -OCH3 is 1. The van der Waals surface area contributed by atoms with E-state index in [0.29, 0.717) is 50.7 Å². The number of amides is 1. The van der Waals surface area contributed by atoms with Crippen molar-refractivity contribution < 1.29 is 14.3 Å². The van der Waals surface area contributed by atoms with Crippen LogP contribution in [0.1, 0.15) is 28.5 Å². The van der Waals surface area contributed by atoms with Crippen LogP contribution < -0.4 is 4.74 Å². The average molecular weight is 380 g/mol. The van der Waals surface area contributed by atoms with Gasteiger partial charge in [-0.15, -0.1) is 0 Å². The van der Waals surface area contributed by atoms with Gasteiger partial charge in [0.15, 0.2) is 0 Å². The molecular formula is C21H24N4O3. The lowest BCUT2D eigenvalue weighted by atomic mass is 10.1. The van der Waals surface area contributed by atoms with E-state index in [1.165, 1.54) is 6.33 Å². The van der Waals surface area contributed by atoms with Gasteiger partial charge in [0.05, 0.1) is 36.6 Å². The zero-order valence-corrected chi connectivity index (χ0v) is 16.2. The zero-order valence-electron chi connectivity index (χ0n) is 16.2. The van der Waals surface area contributed by atoms with Crippen LogP contribution in [-0.2, 0) is 24.2 Å². The summed E-state index contributed by atoms with van der Waals surface area (Å²) in [5.74, 6) is 0.594. The van der Waals surface area contributed by atoms with E-state index in [1.54, 1.807) is 7.11 Å². The first kappa shape index (κ1) is 18.4. The first-order valence-electron chi connectivity index (χ1n) is 9.54. The van der Waals surface area contributed by atoms with Crippen LogP contribution in [0, 0.1) is 0 Å². The molecule has 0 fully saturated rings. The highest BCUT2D eigenvalue weighted by Gasteiger charge is 2.27. The van der Waals surface area contributed by atoms with E-state index in [2.05, 4.69) is 14.5 Å².